The van der Waals surface area contributed by atoms with Crippen molar-refractivity contribution in [2.75, 3.05) is 20.1 Å². The van der Waals surface area contributed by atoms with E-state index in [0.717, 1.165) is 43.9 Å². The standard InChI is InChI=1S/C22H35N5O2.HI/c1-16(2)21(28)27-12-10-18(15-27)26-22(23-3)25-14-17-9-11-24-20(13-17)29-19-7-5-4-6-8-19;/h9,11,13,16,18-19H,4-8,10,12,14-15H2,1-3H3,(H2,23,25,26);1H. The first-order chi connectivity index (χ1) is 14.0. The zero-order chi connectivity index (χ0) is 20.6. The van der Waals surface area contributed by atoms with Crippen LogP contribution in [0.25, 0.3) is 0 Å². The first-order valence-electron chi connectivity index (χ1n) is 10.9. The maximum atomic E-state index is 12.2. The molecule has 0 radical (unpaired) electrons. The van der Waals surface area contributed by atoms with Crippen molar-refractivity contribution >= 4 is 35.8 Å². The molecule has 1 aliphatic heterocycles. The highest BCUT2D eigenvalue weighted by atomic mass is 127. The van der Waals surface area contributed by atoms with E-state index in [9.17, 15) is 4.79 Å². The molecule has 7 nitrogen and oxygen atoms in total. The highest BCUT2D eigenvalue weighted by Crippen LogP contribution is 2.22. The molecule has 1 saturated heterocycles. The van der Waals surface area contributed by atoms with Gasteiger partial charge in [-0.3, -0.25) is 9.79 Å². The second-order valence-corrected chi connectivity index (χ2v) is 8.37. The van der Waals surface area contributed by atoms with Crippen LogP contribution in [0.3, 0.4) is 0 Å². The second-order valence-electron chi connectivity index (χ2n) is 8.37. The van der Waals surface area contributed by atoms with Gasteiger partial charge in [0.1, 0.15) is 6.10 Å². The SMILES string of the molecule is CN=C(NCc1ccnc(OC2CCCCC2)c1)NC1CCN(C(=O)C(C)C)C1.I. The summed E-state index contributed by atoms with van der Waals surface area (Å²) in [6.07, 6.45) is 9.09. The molecule has 0 aromatic carbocycles. The fourth-order valence-electron chi connectivity index (χ4n) is 4.00. The average Bonchev–Trinajstić information content (AvgIpc) is 3.20. The Bertz CT molecular complexity index is 707. The number of guanidine groups is 1. The van der Waals surface area contributed by atoms with E-state index in [1.807, 2.05) is 30.9 Å². The van der Waals surface area contributed by atoms with Crippen LogP contribution in [-0.2, 0) is 11.3 Å². The minimum absolute atomic E-state index is 0. The number of aromatic nitrogens is 1. The fraction of sp³-hybridized carbons (Fsp3) is 0.682. The van der Waals surface area contributed by atoms with E-state index in [1.54, 1.807) is 13.2 Å². The summed E-state index contributed by atoms with van der Waals surface area (Å²) in [5.74, 6) is 1.72. The van der Waals surface area contributed by atoms with Gasteiger partial charge in [0.25, 0.3) is 0 Å². The Balaban J connectivity index is 0.00000320. The molecule has 0 spiro atoms. The third-order valence-electron chi connectivity index (χ3n) is 5.66. The summed E-state index contributed by atoms with van der Waals surface area (Å²) in [5.41, 5.74) is 1.11. The van der Waals surface area contributed by atoms with Gasteiger partial charge in [0, 0.05) is 50.9 Å². The van der Waals surface area contributed by atoms with E-state index in [0.29, 0.717) is 18.5 Å². The van der Waals surface area contributed by atoms with Crippen molar-refractivity contribution in [3.8, 4) is 5.88 Å². The summed E-state index contributed by atoms with van der Waals surface area (Å²) >= 11 is 0. The molecule has 1 unspecified atom stereocenters. The topological polar surface area (TPSA) is 78.9 Å². The second kappa shape index (κ2) is 12.3. The lowest BCUT2D eigenvalue weighted by molar-refractivity contribution is -0.133. The van der Waals surface area contributed by atoms with Crippen molar-refractivity contribution < 1.29 is 9.53 Å². The Kier molecular flexibility index (Phi) is 10.1. The van der Waals surface area contributed by atoms with Crippen LogP contribution in [0.15, 0.2) is 23.3 Å². The zero-order valence-electron chi connectivity index (χ0n) is 18.4. The average molecular weight is 529 g/mol. The minimum Gasteiger partial charge on any atom is -0.474 e. The molecular weight excluding hydrogens is 493 g/mol. The van der Waals surface area contributed by atoms with Gasteiger partial charge in [0.15, 0.2) is 5.96 Å². The monoisotopic (exact) mass is 529 g/mol. The van der Waals surface area contributed by atoms with Crippen LogP contribution in [0.1, 0.15) is 57.9 Å². The molecule has 1 saturated carbocycles. The van der Waals surface area contributed by atoms with Crippen molar-refractivity contribution in [3.05, 3.63) is 23.9 Å². The third-order valence-corrected chi connectivity index (χ3v) is 5.66. The number of likely N-dealkylation sites (tertiary alicyclic amines) is 1. The molecule has 8 heteroatoms. The summed E-state index contributed by atoms with van der Waals surface area (Å²) in [5, 5.41) is 6.80. The molecule has 0 bridgehead atoms. The number of ether oxygens (including phenoxy) is 1. The van der Waals surface area contributed by atoms with E-state index in [1.165, 1.54) is 19.3 Å². The Morgan fingerprint density at radius 2 is 2.07 bits per heavy atom. The molecule has 2 fully saturated rings. The van der Waals surface area contributed by atoms with Crippen molar-refractivity contribution in [2.24, 2.45) is 10.9 Å². The van der Waals surface area contributed by atoms with E-state index in [4.69, 9.17) is 4.74 Å². The molecule has 2 aliphatic rings. The molecular formula is C22H36IN5O2. The lowest BCUT2D eigenvalue weighted by Gasteiger charge is -2.22. The fourth-order valence-corrected chi connectivity index (χ4v) is 4.00. The van der Waals surface area contributed by atoms with Crippen LogP contribution in [0.4, 0.5) is 0 Å². The Labute approximate surface area is 197 Å². The molecule has 168 valence electrons. The summed E-state index contributed by atoms with van der Waals surface area (Å²) in [7, 11) is 1.77. The van der Waals surface area contributed by atoms with E-state index >= 15 is 0 Å². The first-order valence-corrected chi connectivity index (χ1v) is 10.9. The Hall–Kier alpha value is -1.58. The number of rotatable bonds is 6. The van der Waals surface area contributed by atoms with E-state index < -0.39 is 0 Å². The smallest absolute Gasteiger partial charge is 0.225 e. The minimum atomic E-state index is 0. The molecule has 2 N–H and O–H groups in total. The molecule has 3 rings (SSSR count). The van der Waals surface area contributed by atoms with Crippen molar-refractivity contribution in [1.29, 1.82) is 0 Å². The van der Waals surface area contributed by atoms with Gasteiger partial charge in [-0.2, -0.15) is 0 Å². The molecule has 30 heavy (non-hydrogen) atoms. The van der Waals surface area contributed by atoms with Crippen LogP contribution in [-0.4, -0.2) is 54.0 Å². The molecule has 1 aromatic heterocycles. The number of aliphatic imine (C=N–C) groups is 1. The lowest BCUT2D eigenvalue weighted by atomic mass is 9.98. The normalized spacial score (nSPS) is 20.1. The Morgan fingerprint density at radius 3 is 2.77 bits per heavy atom. The first kappa shape index (κ1) is 24.7. The molecule has 1 atom stereocenters. The largest absolute Gasteiger partial charge is 0.474 e. The van der Waals surface area contributed by atoms with Gasteiger partial charge in [-0.1, -0.05) is 20.3 Å². The summed E-state index contributed by atoms with van der Waals surface area (Å²) in [6.45, 7) is 6.07. The predicted molar refractivity (Wildman–Crippen MR) is 130 cm³/mol. The number of carbonyl (C=O) groups excluding carboxylic acids is 1. The quantitative estimate of drug-likeness (QED) is 0.336. The highest BCUT2D eigenvalue weighted by Gasteiger charge is 2.27. The summed E-state index contributed by atoms with van der Waals surface area (Å²) < 4.78 is 6.07. The number of hydrogen-bond donors (Lipinski definition) is 2. The zero-order valence-corrected chi connectivity index (χ0v) is 20.7. The van der Waals surface area contributed by atoms with Gasteiger partial charge in [0.05, 0.1) is 0 Å². The van der Waals surface area contributed by atoms with Crippen LogP contribution in [0.2, 0.25) is 0 Å². The van der Waals surface area contributed by atoms with Gasteiger partial charge in [0.2, 0.25) is 11.8 Å². The molecule has 1 aliphatic carbocycles. The number of nitrogens with zero attached hydrogens (tertiary/aromatic N) is 3. The number of nitrogens with one attached hydrogen (secondary N) is 2. The number of halogens is 1. The summed E-state index contributed by atoms with van der Waals surface area (Å²) in [6, 6.07) is 4.23. The van der Waals surface area contributed by atoms with Crippen LogP contribution in [0.5, 0.6) is 5.88 Å². The third kappa shape index (κ3) is 7.28. The van der Waals surface area contributed by atoms with Gasteiger partial charge in [-0.05, 0) is 43.7 Å². The van der Waals surface area contributed by atoms with Crippen molar-refractivity contribution in [3.63, 3.8) is 0 Å². The predicted octanol–water partition coefficient (Wildman–Crippen LogP) is 3.33. The van der Waals surface area contributed by atoms with Crippen LogP contribution in [0, 0.1) is 5.92 Å². The maximum absolute atomic E-state index is 12.2. The van der Waals surface area contributed by atoms with Gasteiger partial charge in [-0.15, -0.1) is 24.0 Å². The van der Waals surface area contributed by atoms with E-state index in [-0.39, 0.29) is 41.8 Å². The van der Waals surface area contributed by atoms with Gasteiger partial charge >= 0.3 is 0 Å². The number of carbonyl (C=O) groups is 1. The molecule has 1 amide bonds. The van der Waals surface area contributed by atoms with Crippen molar-refractivity contribution in [2.45, 2.75) is 71.1 Å². The number of amides is 1. The molecule has 1 aromatic rings. The van der Waals surface area contributed by atoms with E-state index in [2.05, 4.69) is 20.6 Å². The Morgan fingerprint density at radius 1 is 1.30 bits per heavy atom. The van der Waals surface area contributed by atoms with Crippen LogP contribution < -0.4 is 15.4 Å². The van der Waals surface area contributed by atoms with Crippen LogP contribution >= 0.6 is 24.0 Å². The molecule has 2 heterocycles. The number of pyridine rings is 1. The van der Waals surface area contributed by atoms with Gasteiger partial charge < -0.3 is 20.3 Å². The maximum Gasteiger partial charge on any atom is 0.225 e. The number of hydrogen-bond acceptors (Lipinski definition) is 4. The highest BCUT2D eigenvalue weighted by molar-refractivity contribution is 14.0. The lowest BCUT2D eigenvalue weighted by Crippen LogP contribution is -2.45. The van der Waals surface area contributed by atoms with Gasteiger partial charge in [-0.25, -0.2) is 4.98 Å². The van der Waals surface area contributed by atoms with Crippen molar-refractivity contribution in [1.82, 2.24) is 20.5 Å². The summed E-state index contributed by atoms with van der Waals surface area (Å²) in [4.78, 5) is 22.8.